The molecule has 2 nitrogen and oxygen atoms in total. The molecular formula is C17H19NO. The zero-order valence-electron chi connectivity index (χ0n) is 11.4. The molecule has 98 valence electrons. The van der Waals surface area contributed by atoms with E-state index in [4.69, 9.17) is 4.74 Å². The Labute approximate surface area is 114 Å². The van der Waals surface area contributed by atoms with E-state index in [9.17, 15) is 0 Å². The molecule has 0 fully saturated rings. The highest BCUT2D eigenvalue weighted by Gasteiger charge is 2.23. The van der Waals surface area contributed by atoms with Crippen LogP contribution in [0.15, 0.2) is 42.5 Å². The number of para-hydroxylation sites is 1. The van der Waals surface area contributed by atoms with Gasteiger partial charge in [-0.2, -0.15) is 0 Å². The molecule has 1 unspecified atom stereocenters. The van der Waals surface area contributed by atoms with E-state index in [1.165, 1.54) is 22.4 Å². The van der Waals surface area contributed by atoms with Gasteiger partial charge in [-0.25, -0.2) is 0 Å². The highest BCUT2D eigenvalue weighted by Crippen LogP contribution is 2.43. The van der Waals surface area contributed by atoms with E-state index in [1.807, 2.05) is 6.07 Å². The first-order chi connectivity index (χ1) is 9.33. The number of hydrogen-bond acceptors (Lipinski definition) is 2. The molecule has 1 aliphatic heterocycles. The van der Waals surface area contributed by atoms with E-state index in [2.05, 4.69) is 48.6 Å². The molecule has 0 aliphatic carbocycles. The third-order valence-electron chi connectivity index (χ3n) is 3.76. The van der Waals surface area contributed by atoms with Gasteiger partial charge in [0.05, 0.1) is 13.2 Å². The molecule has 0 spiro atoms. The molecule has 19 heavy (non-hydrogen) atoms. The Hall–Kier alpha value is -1.96. The summed E-state index contributed by atoms with van der Waals surface area (Å²) in [4.78, 5) is 0. The second kappa shape index (κ2) is 4.96. The van der Waals surface area contributed by atoms with Crippen LogP contribution in [0.5, 0.6) is 5.75 Å². The van der Waals surface area contributed by atoms with E-state index in [0.717, 1.165) is 18.6 Å². The number of methoxy groups -OCH3 is 1. The third-order valence-corrected chi connectivity index (χ3v) is 3.76. The Morgan fingerprint density at radius 1 is 1.11 bits per heavy atom. The minimum Gasteiger partial charge on any atom is -0.497 e. The van der Waals surface area contributed by atoms with Gasteiger partial charge >= 0.3 is 0 Å². The van der Waals surface area contributed by atoms with Crippen molar-refractivity contribution in [3.63, 3.8) is 0 Å². The van der Waals surface area contributed by atoms with Crippen molar-refractivity contribution in [3.8, 4) is 16.9 Å². The Morgan fingerprint density at radius 3 is 2.74 bits per heavy atom. The van der Waals surface area contributed by atoms with Gasteiger partial charge in [0.25, 0.3) is 0 Å². The van der Waals surface area contributed by atoms with E-state index in [0.29, 0.717) is 6.04 Å². The lowest BCUT2D eigenvalue weighted by atomic mass is 9.88. The minimum atomic E-state index is 0.380. The van der Waals surface area contributed by atoms with Crippen LogP contribution in [0.2, 0.25) is 0 Å². The number of fused-ring (bicyclic) bond motifs is 3. The van der Waals surface area contributed by atoms with Gasteiger partial charge in [-0.05, 0) is 35.7 Å². The molecule has 1 heterocycles. The van der Waals surface area contributed by atoms with E-state index >= 15 is 0 Å². The number of rotatable bonds is 3. The summed E-state index contributed by atoms with van der Waals surface area (Å²) in [7, 11) is 1.72. The van der Waals surface area contributed by atoms with Gasteiger partial charge in [0.2, 0.25) is 0 Å². The van der Waals surface area contributed by atoms with Crippen LogP contribution in [0, 0.1) is 0 Å². The van der Waals surface area contributed by atoms with E-state index < -0.39 is 0 Å². The van der Waals surface area contributed by atoms with E-state index in [1.54, 1.807) is 7.11 Å². The minimum absolute atomic E-state index is 0.380. The van der Waals surface area contributed by atoms with Gasteiger partial charge in [-0.3, -0.25) is 0 Å². The van der Waals surface area contributed by atoms with Crippen molar-refractivity contribution in [2.45, 2.75) is 25.8 Å². The van der Waals surface area contributed by atoms with Crippen LogP contribution in [0.4, 0.5) is 5.69 Å². The number of ether oxygens (including phenoxy) is 1. The van der Waals surface area contributed by atoms with Crippen molar-refractivity contribution >= 4 is 5.69 Å². The fraction of sp³-hybridized carbons (Fsp3) is 0.294. The van der Waals surface area contributed by atoms with Gasteiger partial charge in [-0.1, -0.05) is 37.6 Å². The van der Waals surface area contributed by atoms with E-state index in [-0.39, 0.29) is 0 Å². The highest BCUT2D eigenvalue weighted by molar-refractivity contribution is 5.84. The fourth-order valence-corrected chi connectivity index (χ4v) is 2.83. The van der Waals surface area contributed by atoms with Crippen molar-refractivity contribution in [3.05, 3.63) is 48.0 Å². The summed E-state index contributed by atoms with van der Waals surface area (Å²) < 4.78 is 5.37. The molecule has 0 amide bonds. The standard InChI is InChI=1S/C17H19NO/c1-3-6-16-15-11-12(19-2)9-10-13(15)14-7-4-5-8-17(14)18-16/h4-5,7-11,16,18H,3,6H2,1-2H3. The van der Waals surface area contributed by atoms with Crippen LogP contribution in [0.3, 0.4) is 0 Å². The van der Waals surface area contributed by atoms with Crippen molar-refractivity contribution in [2.24, 2.45) is 0 Å². The Kier molecular flexibility index (Phi) is 3.16. The molecule has 1 N–H and O–H groups in total. The average molecular weight is 253 g/mol. The van der Waals surface area contributed by atoms with Crippen molar-refractivity contribution in [2.75, 3.05) is 12.4 Å². The van der Waals surface area contributed by atoms with Crippen LogP contribution in [0.1, 0.15) is 31.4 Å². The highest BCUT2D eigenvalue weighted by atomic mass is 16.5. The molecule has 3 rings (SSSR count). The third kappa shape index (κ3) is 2.07. The largest absolute Gasteiger partial charge is 0.497 e. The quantitative estimate of drug-likeness (QED) is 0.861. The smallest absolute Gasteiger partial charge is 0.119 e. The fourth-order valence-electron chi connectivity index (χ4n) is 2.83. The Balaban J connectivity index is 2.15. The summed E-state index contributed by atoms with van der Waals surface area (Å²) in [6, 6.07) is 15.3. The van der Waals surface area contributed by atoms with Crippen LogP contribution in [-0.2, 0) is 0 Å². The molecular weight excluding hydrogens is 234 g/mol. The topological polar surface area (TPSA) is 21.3 Å². The van der Waals surface area contributed by atoms with Crippen molar-refractivity contribution < 1.29 is 4.74 Å². The second-order valence-corrected chi connectivity index (χ2v) is 4.98. The number of nitrogens with one attached hydrogen (secondary N) is 1. The number of hydrogen-bond donors (Lipinski definition) is 1. The van der Waals surface area contributed by atoms with Gasteiger partial charge < -0.3 is 10.1 Å². The first-order valence-corrected chi connectivity index (χ1v) is 6.87. The molecule has 1 aliphatic rings. The molecule has 2 aromatic rings. The first-order valence-electron chi connectivity index (χ1n) is 6.87. The molecule has 2 heteroatoms. The Morgan fingerprint density at radius 2 is 1.95 bits per heavy atom. The van der Waals surface area contributed by atoms with Gasteiger partial charge in [0, 0.05) is 11.3 Å². The SMILES string of the molecule is CCCC1Nc2ccccc2-c2ccc(OC)cc21. The molecule has 1 atom stereocenters. The lowest BCUT2D eigenvalue weighted by Gasteiger charge is -2.30. The maximum atomic E-state index is 5.37. The summed E-state index contributed by atoms with van der Waals surface area (Å²) in [6.45, 7) is 2.22. The number of anilines is 1. The summed E-state index contributed by atoms with van der Waals surface area (Å²) >= 11 is 0. The first kappa shape index (κ1) is 12.1. The van der Waals surface area contributed by atoms with Crippen molar-refractivity contribution in [1.29, 1.82) is 0 Å². The zero-order valence-corrected chi connectivity index (χ0v) is 11.4. The second-order valence-electron chi connectivity index (χ2n) is 4.98. The molecule has 0 bridgehead atoms. The molecule has 0 radical (unpaired) electrons. The predicted molar refractivity (Wildman–Crippen MR) is 79.7 cm³/mol. The molecule has 0 saturated carbocycles. The maximum absolute atomic E-state index is 5.37. The summed E-state index contributed by atoms with van der Waals surface area (Å²) in [6.07, 6.45) is 2.30. The van der Waals surface area contributed by atoms with Gasteiger partial charge in [0.15, 0.2) is 0 Å². The summed E-state index contributed by atoms with van der Waals surface area (Å²) in [5.74, 6) is 0.932. The van der Waals surface area contributed by atoms with Gasteiger partial charge in [-0.15, -0.1) is 0 Å². The van der Waals surface area contributed by atoms with Crippen LogP contribution in [0.25, 0.3) is 11.1 Å². The number of benzene rings is 2. The van der Waals surface area contributed by atoms with Crippen molar-refractivity contribution in [1.82, 2.24) is 0 Å². The predicted octanol–water partition coefficient (Wildman–Crippen LogP) is 4.63. The van der Waals surface area contributed by atoms with Crippen LogP contribution < -0.4 is 10.1 Å². The lowest BCUT2D eigenvalue weighted by Crippen LogP contribution is -2.16. The molecule has 2 aromatic carbocycles. The average Bonchev–Trinajstić information content (AvgIpc) is 2.47. The maximum Gasteiger partial charge on any atom is 0.119 e. The summed E-state index contributed by atoms with van der Waals surface area (Å²) in [5.41, 5.74) is 5.19. The normalized spacial score (nSPS) is 16.2. The molecule has 0 aromatic heterocycles. The summed E-state index contributed by atoms with van der Waals surface area (Å²) in [5, 5.41) is 3.65. The molecule has 0 saturated heterocycles. The van der Waals surface area contributed by atoms with Crippen LogP contribution in [-0.4, -0.2) is 7.11 Å². The van der Waals surface area contributed by atoms with Gasteiger partial charge in [0.1, 0.15) is 5.75 Å². The monoisotopic (exact) mass is 253 g/mol. The Bertz CT molecular complexity index is 592. The zero-order chi connectivity index (χ0) is 13.2. The lowest BCUT2D eigenvalue weighted by molar-refractivity contribution is 0.414. The van der Waals surface area contributed by atoms with Crippen LogP contribution >= 0.6 is 0 Å².